The van der Waals surface area contributed by atoms with E-state index < -0.39 is 26.8 Å². The summed E-state index contributed by atoms with van der Waals surface area (Å²) in [6.07, 6.45) is 1.53. The number of anilines is 1. The van der Waals surface area contributed by atoms with Crippen molar-refractivity contribution in [3.63, 3.8) is 0 Å². The molecule has 1 fully saturated rings. The molecule has 0 aliphatic heterocycles. The van der Waals surface area contributed by atoms with Gasteiger partial charge in [-0.2, -0.15) is 0 Å². The average Bonchev–Trinajstić information content (AvgIpc) is 3.55. The van der Waals surface area contributed by atoms with Crippen LogP contribution in [0.4, 0.5) is 5.95 Å². The predicted molar refractivity (Wildman–Crippen MR) is 126 cm³/mol. The molecule has 0 radical (unpaired) electrons. The van der Waals surface area contributed by atoms with Crippen molar-refractivity contribution in [1.29, 1.82) is 0 Å². The number of carbonyl (C=O) groups is 1. The monoisotopic (exact) mass is 471 g/mol. The summed E-state index contributed by atoms with van der Waals surface area (Å²) in [5.74, 6) is -0.311. The number of carbonyl (C=O) groups excluding carboxylic acids is 1. The van der Waals surface area contributed by atoms with Crippen LogP contribution in [-0.4, -0.2) is 39.8 Å². The van der Waals surface area contributed by atoms with Gasteiger partial charge in [0, 0.05) is 0 Å². The van der Waals surface area contributed by atoms with E-state index in [-0.39, 0.29) is 24.0 Å². The summed E-state index contributed by atoms with van der Waals surface area (Å²) in [5.41, 5.74) is 5.67. The van der Waals surface area contributed by atoms with Gasteiger partial charge in [0.05, 0.1) is 22.7 Å². The number of fused-ring (bicyclic) bond motifs is 1. The fourth-order valence-electron chi connectivity index (χ4n) is 4.01. The minimum atomic E-state index is -3.80. The van der Waals surface area contributed by atoms with Gasteiger partial charge in [-0.3, -0.25) is 4.79 Å². The highest BCUT2D eigenvalue weighted by Crippen LogP contribution is 2.38. The Hall–Kier alpha value is -2.91. The lowest BCUT2D eigenvalue weighted by molar-refractivity contribution is -0.153. The van der Waals surface area contributed by atoms with Gasteiger partial charge in [0.1, 0.15) is 11.7 Å². The van der Waals surface area contributed by atoms with Gasteiger partial charge in [-0.05, 0) is 62.8 Å². The van der Waals surface area contributed by atoms with Crippen LogP contribution in [0.2, 0.25) is 0 Å². The Labute approximate surface area is 193 Å². The summed E-state index contributed by atoms with van der Waals surface area (Å²) in [6.45, 7) is 4.98. The molecule has 1 aliphatic carbocycles. The Kier molecular flexibility index (Phi) is 5.96. The minimum Gasteiger partial charge on any atom is -0.462 e. The van der Waals surface area contributed by atoms with Crippen molar-refractivity contribution in [2.75, 3.05) is 5.73 Å². The van der Waals surface area contributed by atoms with E-state index in [2.05, 4.69) is 4.98 Å². The second kappa shape index (κ2) is 8.46. The zero-order chi connectivity index (χ0) is 24.0. The highest BCUT2D eigenvalue weighted by molar-refractivity contribution is 7.90. The highest BCUT2D eigenvalue weighted by atomic mass is 32.2. The Balaban J connectivity index is 1.81. The van der Waals surface area contributed by atoms with Gasteiger partial charge in [-0.15, -0.1) is 0 Å². The van der Waals surface area contributed by atoms with Crippen molar-refractivity contribution >= 4 is 33.0 Å². The minimum absolute atomic E-state index is 0.156. The van der Waals surface area contributed by atoms with Crippen LogP contribution in [0.3, 0.4) is 0 Å². The zero-order valence-corrected chi connectivity index (χ0v) is 19.7. The highest BCUT2D eigenvalue weighted by Gasteiger charge is 2.38. The molecule has 0 spiro atoms. The lowest BCUT2D eigenvalue weighted by Crippen LogP contribution is -2.32. The third-order valence-corrected chi connectivity index (χ3v) is 8.30. The molecule has 1 saturated carbocycles. The van der Waals surface area contributed by atoms with E-state index in [4.69, 9.17) is 10.5 Å². The molecule has 176 valence electrons. The van der Waals surface area contributed by atoms with E-state index >= 15 is 0 Å². The second-order valence-electron chi connectivity index (χ2n) is 8.97. The van der Waals surface area contributed by atoms with Gasteiger partial charge in [0.2, 0.25) is 16.0 Å². The Morgan fingerprint density at radius 2 is 1.85 bits per heavy atom. The van der Waals surface area contributed by atoms with Crippen LogP contribution >= 0.6 is 0 Å². The molecule has 0 amide bonds. The maximum Gasteiger partial charge on any atom is 0.309 e. The maximum absolute atomic E-state index is 12.9. The van der Waals surface area contributed by atoms with Crippen LogP contribution in [0, 0.1) is 5.92 Å². The van der Waals surface area contributed by atoms with Crippen molar-refractivity contribution < 1.29 is 23.1 Å². The third-order valence-electron chi connectivity index (χ3n) is 6.22. The largest absolute Gasteiger partial charge is 0.462 e. The summed E-state index contributed by atoms with van der Waals surface area (Å²) in [5, 5.41) is 11.1. The molecule has 0 saturated heterocycles. The number of esters is 1. The van der Waals surface area contributed by atoms with Crippen LogP contribution < -0.4 is 5.73 Å². The van der Waals surface area contributed by atoms with Crippen molar-refractivity contribution in [2.45, 2.75) is 57.0 Å². The quantitative estimate of drug-likeness (QED) is 0.484. The van der Waals surface area contributed by atoms with E-state index in [1.54, 1.807) is 50.2 Å². The topological polar surface area (TPSA) is 125 Å². The summed E-state index contributed by atoms with van der Waals surface area (Å²) in [4.78, 5) is 17.0. The molecule has 2 atom stereocenters. The number of nitrogen functional groups attached to an aromatic ring is 1. The van der Waals surface area contributed by atoms with E-state index in [1.165, 1.54) is 6.07 Å². The molecule has 8 nitrogen and oxygen atoms in total. The molecule has 1 aliphatic rings. The fourth-order valence-corrected chi connectivity index (χ4v) is 5.16. The molecule has 2 aromatic carbocycles. The van der Waals surface area contributed by atoms with Crippen LogP contribution in [0.15, 0.2) is 48.5 Å². The first-order valence-corrected chi connectivity index (χ1v) is 12.5. The van der Waals surface area contributed by atoms with Gasteiger partial charge in [0.15, 0.2) is 0 Å². The fraction of sp³-hybridized carbons (Fsp3) is 0.417. The molecule has 33 heavy (non-hydrogen) atoms. The number of hydrogen-bond donors (Lipinski definition) is 2. The molecular weight excluding hydrogens is 442 g/mol. The number of imidazole rings is 1. The molecular formula is C24H29N3O5S. The Bertz CT molecular complexity index is 1280. The number of ether oxygens (including phenoxy) is 1. The number of nitrogens with zero attached hydrogens (tertiary/aromatic N) is 2. The van der Waals surface area contributed by atoms with E-state index in [0.29, 0.717) is 22.6 Å². The summed E-state index contributed by atoms with van der Waals surface area (Å²) in [6, 6.07) is 13.5. The molecule has 3 N–H and O–H groups in total. The summed E-state index contributed by atoms with van der Waals surface area (Å²) >= 11 is 0. The summed E-state index contributed by atoms with van der Waals surface area (Å²) < 4.78 is 32.4. The molecule has 3 aromatic rings. The lowest BCUT2D eigenvalue weighted by atomic mass is 9.83. The van der Waals surface area contributed by atoms with E-state index in [9.17, 15) is 18.3 Å². The van der Waals surface area contributed by atoms with Gasteiger partial charge in [-0.1, -0.05) is 36.4 Å². The molecule has 1 aromatic heterocycles. The van der Waals surface area contributed by atoms with Crippen LogP contribution in [0.25, 0.3) is 11.0 Å². The average molecular weight is 472 g/mol. The number of benzene rings is 2. The number of hydrogen-bond acceptors (Lipinski definition) is 7. The number of rotatable bonds is 8. The Morgan fingerprint density at radius 3 is 2.45 bits per heavy atom. The van der Waals surface area contributed by atoms with Crippen LogP contribution in [0.1, 0.15) is 51.2 Å². The third kappa shape index (κ3) is 4.35. The second-order valence-corrected chi connectivity index (χ2v) is 11.3. The number of aliphatic hydroxyl groups is 1. The van der Waals surface area contributed by atoms with Crippen molar-refractivity contribution in [1.82, 2.24) is 8.96 Å². The van der Waals surface area contributed by atoms with Crippen molar-refractivity contribution in [3.05, 3.63) is 59.7 Å². The van der Waals surface area contributed by atoms with E-state index in [1.807, 2.05) is 13.0 Å². The van der Waals surface area contributed by atoms with Crippen LogP contribution in [-0.2, 0) is 25.2 Å². The van der Waals surface area contributed by atoms with Gasteiger partial charge < -0.3 is 15.6 Å². The first kappa shape index (κ1) is 23.3. The standard InChI is InChI=1S/C24H29N3O5S/c1-15(2)33(30,31)27-21-13-19(11-12-20(21)26-23(27)25)24(29,18-7-5-4-6-8-18)14-22(28)32-16(3)17-9-10-17/h4-8,11-13,15-17,29H,9-10,14H2,1-3H3,(H2,25,26). The molecule has 4 rings (SSSR count). The van der Waals surface area contributed by atoms with E-state index in [0.717, 1.165) is 16.8 Å². The van der Waals surface area contributed by atoms with Crippen LogP contribution in [0.5, 0.6) is 0 Å². The molecule has 0 bridgehead atoms. The maximum atomic E-state index is 12.9. The first-order chi connectivity index (χ1) is 15.5. The number of nitrogens with two attached hydrogens (primary N) is 1. The smallest absolute Gasteiger partial charge is 0.309 e. The SMILES string of the molecule is CC(OC(=O)CC(O)(c1ccccc1)c1ccc2nc(N)n(S(=O)(=O)C(C)C)c2c1)C1CC1. The lowest BCUT2D eigenvalue weighted by Gasteiger charge is -2.29. The van der Waals surface area contributed by atoms with Gasteiger partial charge >= 0.3 is 5.97 Å². The van der Waals surface area contributed by atoms with Crippen molar-refractivity contribution in [2.24, 2.45) is 5.92 Å². The zero-order valence-electron chi connectivity index (χ0n) is 18.9. The number of aromatic nitrogens is 2. The molecule has 2 unspecified atom stereocenters. The first-order valence-electron chi connectivity index (χ1n) is 11.0. The van der Waals surface area contributed by atoms with Gasteiger partial charge in [-0.25, -0.2) is 17.4 Å². The summed E-state index contributed by atoms with van der Waals surface area (Å²) in [7, 11) is -3.80. The normalized spacial score (nSPS) is 17.1. The molecule has 9 heteroatoms. The molecule has 1 heterocycles. The van der Waals surface area contributed by atoms with Crippen molar-refractivity contribution in [3.8, 4) is 0 Å². The predicted octanol–water partition coefficient (Wildman–Crippen LogP) is 3.17. The Morgan fingerprint density at radius 1 is 1.18 bits per heavy atom. The van der Waals surface area contributed by atoms with Gasteiger partial charge in [0.25, 0.3) is 0 Å².